The third-order valence-electron chi connectivity index (χ3n) is 5.14. The number of hydrogen-bond donors (Lipinski definition) is 2. The topological polar surface area (TPSA) is 78.4 Å². The summed E-state index contributed by atoms with van der Waals surface area (Å²) in [5.74, 6) is 1.82. The number of benzene rings is 2. The van der Waals surface area contributed by atoms with Gasteiger partial charge < -0.3 is 24.6 Å². The van der Waals surface area contributed by atoms with Crippen LogP contribution in [0.1, 0.15) is 12.5 Å². The Morgan fingerprint density at radius 1 is 1.03 bits per heavy atom. The van der Waals surface area contributed by atoms with E-state index < -0.39 is 6.09 Å². The zero-order chi connectivity index (χ0) is 22.1. The highest BCUT2D eigenvalue weighted by Gasteiger charge is 2.21. The summed E-state index contributed by atoms with van der Waals surface area (Å²) >= 11 is 0. The Kier molecular flexibility index (Phi) is 10.4. The van der Waals surface area contributed by atoms with Crippen LogP contribution in [0.25, 0.3) is 0 Å². The summed E-state index contributed by atoms with van der Waals surface area (Å²) in [5.41, 5.74) is 2.89. The van der Waals surface area contributed by atoms with E-state index in [2.05, 4.69) is 38.2 Å². The zero-order valence-corrected chi connectivity index (χ0v) is 21.2. The second kappa shape index (κ2) is 13.0. The molecular formula is C23H32IN5O3. The van der Waals surface area contributed by atoms with Gasteiger partial charge in [-0.3, -0.25) is 5.32 Å². The number of carbonyl (C=O) groups excluding carboxylic acids is 1. The van der Waals surface area contributed by atoms with Gasteiger partial charge >= 0.3 is 6.09 Å². The van der Waals surface area contributed by atoms with Crippen LogP contribution in [-0.2, 0) is 11.3 Å². The molecule has 1 aliphatic rings. The Bertz CT molecular complexity index is 883. The number of rotatable bonds is 6. The van der Waals surface area contributed by atoms with Gasteiger partial charge in [0.2, 0.25) is 0 Å². The maximum Gasteiger partial charge on any atom is 0.411 e. The molecule has 1 amide bonds. The summed E-state index contributed by atoms with van der Waals surface area (Å²) in [7, 11) is 3.06. The van der Waals surface area contributed by atoms with Crippen LogP contribution < -0.4 is 20.3 Å². The first-order valence-corrected chi connectivity index (χ1v) is 10.5. The summed E-state index contributed by atoms with van der Waals surface area (Å²) in [4.78, 5) is 20.8. The molecule has 0 saturated carbocycles. The van der Waals surface area contributed by atoms with Crippen LogP contribution in [0.15, 0.2) is 53.5 Å². The zero-order valence-electron chi connectivity index (χ0n) is 18.8. The fraction of sp³-hybridized carbons (Fsp3) is 0.391. The molecule has 0 aromatic heterocycles. The number of aliphatic imine (C=N–C) groups is 1. The molecule has 2 aromatic rings. The smallest absolute Gasteiger partial charge is 0.411 e. The number of methoxy groups -OCH3 is 2. The molecule has 0 unspecified atom stereocenters. The van der Waals surface area contributed by atoms with Crippen LogP contribution in [0.2, 0.25) is 0 Å². The first-order valence-electron chi connectivity index (χ1n) is 10.5. The predicted octanol–water partition coefficient (Wildman–Crippen LogP) is 3.78. The lowest BCUT2D eigenvalue weighted by molar-refractivity contribution is 0.187. The summed E-state index contributed by atoms with van der Waals surface area (Å²) in [6.07, 6.45) is -0.479. The van der Waals surface area contributed by atoms with Gasteiger partial charge in [0.25, 0.3) is 0 Å². The minimum absolute atomic E-state index is 0. The van der Waals surface area contributed by atoms with E-state index in [1.165, 1.54) is 7.11 Å². The molecule has 32 heavy (non-hydrogen) atoms. The van der Waals surface area contributed by atoms with Gasteiger partial charge in [0.1, 0.15) is 5.75 Å². The summed E-state index contributed by atoms with van der Waals surface area (Å²) in [6.45, 7) is 7.02. The van der Waals surface area contributed by atoms with Crippen molar-refractivity contribution in [2.45, 2.75) is 13.5 Å². The molecule has 1 heterocycles. The second-order valence-corrected chi connectivity index (χ2v) is 7.13. The Labute approximate surface area is 207 Å². The molecule has 1 saturated heterocycles. The molecule has 0 atom stereocenters. The number of ether oxygens (including phenoxy) is 2. The highest BCUT2D eigenvalue weighted by molar-refractivity contribution is 14.0. The number of amides is 1. The van der Waals surface area contributed by atoms with Gasteiger partial charge in [0.05, 0.1) is 26.5 Å². The number of para-hydroxylation sites is 2. The van der Waals surface area contributed by atoms with Crippen molar-refractivity contribution in [3.8, 4) is 5.75 Å². The standard InChI is InChI=1S/C23H31N5O3.HI/c1-4-24-22(25-17-18-9-11-19(12-10-18)26-23(29)31-3)28-15-13-27(14-16-28)20-7-5-6-8-21(20)30-2;/h5-12H,4,13-17H2,1-3H3,(H,24,25)(H,26,29);1H. The SMILES string of the molecule is CCNC(=NCc1ccc(NC(=O)OC)cc1)N1CCN(c2ccccc2OC)CC1.I. The monoisotopic (exact) mass is 553 g/mol. The van der Waals surface area contributed by atoms with Crippen molar-refractivity contribution >= 4 is 47.4 Å². The summed E-state index contributed by atoms with van der Waals surface area (Å²) < 4.78 is 10.1. The number of nitrogens with zero attached hydrogens (tertiary/aromatic N) is 3. The molecule has 3 rings (SSSR count). The van der Waals surface area contributed by atoms with E-state index in [1.807, 2.05) is 42.5 Å². The molecule has 8 nitrogen and oxygen atoms in total. The lowest BCUT2D eigenvalue weighted by Gasteiger charge is -2.38. The molecule has 1 aliphatic heterocycles. The quantitative estimate of drug-likeness (QED) is 0.322. The average molecular weight is 553 g/mol. The van der Waals surface area contributed by atoms with Crippen molar-refractivity contribution < 1.29 is 14.3 Å². The van der Waals surface area contributed by atoms with E-state index in [4.69, 9.17) is 9.73 Å². The molecule has 0 radical (unpaired) electrons. The van der Waals surface area contributed by atoms with Crippen molar-refractivity contribution in [2.24, 2.45) is 4.99 Å². The normalized spacial score (nSPS) is 13.8. The molecule has 2 N–H and O–H groups in total. The van der Waals surface area contributed by atoms with Gasteiger partial charge in [-0.1, -0.05) is 24.3 Å². The van der Waals surface area contributed by atoms with Crippen molar-refractivity contribution in [3.05, 3.63) is 54.1 Å². The first kappa shape index (κ1) is 25.6. The average Bonchev–Trinajstić information content (AvgIpc) is 2.82. The van der Waals surface area contributed by atoms with E-state index in [9.17, 15) is 4.79 Å². The highest BCUT2D eigenvalue weighted by Crippen LogP contribution is 2.28. The minimum atomic E-state index is -0.479. The van der Waals surface area contributed by atoms with E-state index in [0.29, 0.717) is 12.2 Å². The van der Waals surface area contributed by atoms with Crippen LogP contribution in [0.4, 0.5) is 16.2 Å². The van der Waals surface area contributed by atoms with Gasteiger partial charge in [0.15, 0.2) is 5.96 Å². The molecule has 174 valence electrons. The number of anilines is 2. The maximum absolute atomic E-state index is 11.3. The third-order valence-corrected chi connectivity index (χ3v) is 5.14. The number of halogens is 1. The number of hydrogen-bond acceptors (Lipinski definition) is 5. The van der Waals surface area contributed by atoms with Gasteiger partial charge in [-0.05, 0) is 36.8 Å². The third kappa shape index (κ3) is 6.91. The van der Waals surface area contributed by atoms with E-state index in [1.54, 1.807) is 7.11 Å². The van der Waals surface area contributed by atoms with Crippen molar-refractivity contribution in [3.63, 3.8) is 0 Å². The fourth-order valence-corrected chi connectivity index (χ4v) is 3.50. The number of guanidine groups is 1. The first-order chi connectivity index (χ1) is 15.1. The Hall–Kier alpha value is -2.69. The molecule has 0 bridgehead atoms. The fourth-order valence-electron chi connectivity index (χ4n) is 3.50. The van der Waals surface area contributed by atoms with E-state index >= 15 is 0 Å². The highest BCUT2D eigenvalue weighted by atomic mass is 127. The van der Waals surface area contributed by atoms with Crippen molar-refractivity contribution in [1.82, 2.24) is 10.2 Å². The lowest BCUT2D eigenvalue weighted by atomic mass is 10.2. The van der Waals surface area contributed by atoms with E-state index in [-0.39, 0.29) is 24.0 Å². The molecule has 0 aliphatic carbocycles. The molecule has 2 aromatic carbocycles. The second-order valence-electron chi connectivity index (χ2n) is 7.13. The van der Waals surface area contributed by atoms with Gasteiger partial charge in [0, 0.05) is 38.4 Å². The van der Waals surface area contributed by atoms with Crippen LogP contribution in [0.5, 0.6) is 5.75 Å². The van der Waals surface area contributed by atoms with Gasteiger partial charge in [-0.15, -0.1) is 24.0 Å². The Morgan fingerprint density at radius 2 is 1.72 bits per heavy atom. The van der Waals surface area contributed by atoms with Crippen LogP contribution in [-0.4, -0.2) is 63.9 Å². The maximum atomic E-state index is 11.3. The number of nitrogens with one attached hydrogen (secondary N) is 2. The minimum Gasteiger partial charge on any atom is -0.495 e. The molecule has 9 heteroatoms. The molecular weight excluding hydrogens is 521 g/mol. The van der Waals surface area contributed by atoms with Crippen LogP contribution in [0, 0.1) is 0 Å². The summed E-state index contributed by atoms with van der Waals surface area (Å²) in [5, 5.41) is 6.05. The molecule has 1 fully saturated rings. The molecule has 0 spiro atoms. The van der Waals surface area contributed by atoms with Gasteiger partial charge in [-0.2, -0.15) is 0 Å². The van der Waals surface area contributed by atoms with E-state index in [0.717, 1.165) is 55.7 Å². The van der Waals surface area contributed by atoms with Crippen molar-refractivity contribution in [1.29, 1.82) is 0 Å². The van der Waals surface area contributed by atoms with Crippen LogP contribution >= 0.6 is 24.0 Å². The summed E-state index contributed by atoms with van der Waals surface area (Å²) in [6, 6.07) is 15.7. The Balaban J connectivity index is 0.00000363. The largest absolute Gasteiger partial charge is 0.495 e. The Morgan fingerprint density at radius 3 is 2.34 bits per heavy atom. The predicted molar refractivity (Wildman–Crippen MR) is 139 cm³/mol. The van der Waals surface area contributed by atoms with Crippen LogP contribution in [0.3, 0.4) is 0 Å². The number of carbonyl (C=O) groups is 1. The van der Waals surface area contributed by atoms with Gasteiger partial charge in [-0.25, -0.2) is 9.79 Å². The number of piperazine rings is 1. The van der Waals surface area contributed by atoms with Crippen molar-refractivity contribution in [2.75, 3.05) is 57.2 Å². The lowest BCUT2D eigenvalue weighted by Crippen LogP contribution is -2.52.